The van der Waals surface area contributed by atoms with Crippen molar-refractivity contribution in [2.24, 2.45) is 0 Å². The van der Waals surface area contributed by atoms with Gasteiger partial charge in [0.1, 0.15) is 0 Å². The standard InChI is InChI=1S/C13H14N4O3/c1-2-10(9-6-4-3-5-7-9)14-13(18)11-8-12(16-15-11)17(19)20/h3-8,10H,2H2,1H3,(H,14,18)(H,15,16). The largest absolute Gasteiger partial charge is 0.358 e. The third-order valence-electron chi connectivity index (χ3n) is 2.91. The van der Waals surface area contributed by atoms with E-state index in [2.05, 4.69) is 15.5 Å². The van der Waals surface area contributed by atoms with Crippen molar-refractivity contribution in [3.8, 4) is 0 Å². The summed E-state index contributed by atoms with van der Waals surface area (Å²) in [5, 5.41) is 19.2. The Labute approximate surface area is 115 Å². The minimum atomic E-state index is -0.627. The molecule has 0 saturated carbocycles. The molecule has 0 spiro atoms. The summed E-state index contributed by atoms with van der Waals surface area (Å²) in [6, 6.07) is 10.5. The van der Waals surface area contributed by atoms with Crippen LogP contribution >= 0.6 is 0 Å². The summed E-state index contributed by atoms with van der Waals surface area (Å²) in [6.07, 6.45) is 0.711. The lowest BCUT2D eigenvalue weighted by molar-refractivity contribution is -0.389. The van der Waals surface area contributed by atoms with Crippen LogP contribution in [0.15, 0.2) is 36.4 Å². The predicted molar refractivity (Wildman–Crippen MR) is 72.2 cm³/mol. The molecule has 1 atom stereocenters. The molecule has 1 amide bonds. The fourth-order valence-electron chi connectivity index (χ4n) is 1.86. The van der Waals surface area contributed by atoms with Gasteiger partial charge in [-0.25, -0.2) is 0 Å². The van der Waals surface area contributed by atoms with Crippen LogP contribution in [-0.4, -0.2) is 21.0 Å². The molecule has 20 heavy (non-hydrogen) atoms. The number of benzene rings is 1. The predicted octanol–water partition coefficient (Wildman–Crippen LogP) is 2.20. The van der Waals surface area contributed by atoms with Crippen LogP contribution in [0.25, 0.3) is 0 Å². The van der Waals surface area contributed by atoms with E-state index < -0.39 is 10.8 Å². The van der Waals surface area contributed by atoms with Gasteiger partial charge >= 0.3 is 5.82 Å². The number of nitrogens with one attached hydrogen (secondary N) is 2. The van der Waals surface area contributed by atoms with Crippen LogP contribution in [0.5, 0.6) is 0 Å². The maximum Gasteiger partial charge on any atom is 0.343 e. The van der Waals surface area contributed by atoms with Crippen LogP contribution in [0.3, 0.4) is 0 Å². The first kappa shape index (κ1) is 13.7. The van der Waals surface area contributed by atoms with E-state index in [1.807, 2.05) is 37.3 Å². The van der Waals surface area contributed by atoms with Crippen LogP contribution in [0.2, 0.25) is 0 Å². The summed E-state index contributed by atoms with van der Waals surface area (Å²) in [6.45, 7) is 1.95. The van der Waals surface area contributed by atoms with Crippen molar-refractivity contribution in [1.29, 1.82) is 0 Å². The number of aromatic nitrogens is 2. The molecule has 0 aliphatic heterocycles. The van der Waals surface area contributed by atoms with Crippen LogP contribution in [0.1, 0.15) is 35.4 Å². The van der Waals surface area contributed by atoms with Crippen molar-refractivity contribution in [2.75, 3.05) is 0 Å². The maximum atomic E-state index is 12.0. The number of carbonyl (C=O) groups excluding carboxylic acids is 1. The summed E-state index contributed by atoms with van der Waals surface area (Å²) < 4.78 is 0. The lowest BCUT2D eigenvalue weighted by Crippen LogP contribution is -2.28. The third-order valence-corrected chi connectivity index (χ3v) is 2.91. The lowest BCUT2D eigenvalue weighted by Gasteiger charge is -2.16. The van der Waals surface area contributed by atoms with Gasteiger partial charge in [-0.05, 0) is 16.9 Å². The fraction of sp³-hybridized carbons (Fsp3) is 0.231. The number of carbonyl (C=O) groups is 1. The van der Waals surface area contributed by atoms with Gasteiger partial charge in [-0.15, -0.1) is 5.10 Å². The molecular formula is C13H14N4O3. The molecule has 1 unspecified atom stereocenters. The van der Waals surface area contributed by atoms with Gasteiger partial charge in [-0.2, -0.15) is 0 Å². The molecule has 7 nitrogen and oxygen atoms in total. The highest BCUT2D eigenvalue weighted by Crippen LogP contribution is 2.17. The molecule has 0 aliphatic rings. The molecule has 0 fully saturated rings. The monoisotopic (exact) mass is 274 g/mol. The van der Waals surface area contributed by atoms with Crippen LogP contribution in [0, 0.1) is 10.1 Å². The van der Waals surface area contributed by atoms with Crippen molar-refractivity contribution < 1.29 is 9.72 Å². The van der Waals surface area contributed by atoms with Gasteiger partial charge in [0.25, 0.3) is 5.91 Å². The van der Waals surface area contributed by atoms with Crippen molar-refractivity contribution in [2.45, 2.75) is 19.4 Å². The maximum absolute atomic E-state index is 12.0. The van der Waals surface area contributed by atoms with Gasteiger partial charge in [0.05, 0.1) is 12.1 Å². The molecule has 0 aliphatic carbocycles. The fourth-order valence-corrected chi connectivity index (χ4v) is 1.86. The normalized spacial score (nSPS) is 11.8. The number of amides is 1. The SMILES string of the molecule is CCC(NC(=O)c1cc([N+](=O)[O-])[nH]n1)c1ccccc1. The molecule has 2 rings (SSSR count). The molecule has 1 heterocycles. The number of hydrogen-bond acceptors (Lipinski definition) is 4. The summed E-state index contributed by atoms with van der Waals surface area (Å²) >= 11 is 0. The Morgan fingerprint density at radius 1 is 1.45 bits per heavy atom. The number of rotatable bonds is 5. The molecule has 7 heteroatoms. The minimum Gasteiger partial charge on any atom is -0.358 e. The van der Waals surface area contributed by atoms with Gasteiger partial charge in [0.2, 0.25) is 0 Å². The van der Waals surface area contributed by atoms with E-state index >= 15 is 0 Å². The van der Waals surface area contributed by atoms with Gasteiger partial charge in [-0.1, -0.05) is 42.4 Å². The Kier molecular flexibility index (Phi) is 4.09. The first-order chi connectivity index (χ1) is 9.61. The molecule has 104 valence electrons. The van der Waals surface area contributed by atoms with Crippen LogP contribution in [-0.2, 0) is 0 Å². The van der Waals surface area contributed by atoms with Gasteiger partial charge in [0, 0.05) is 0 Å². The number of nitro groups is 1. The Balaban J connectivity index is 2.11. The molecule has 2 N–H and O–H groups in total. The van der Waals surface area contributed by atoms with Crippen molar-refractivity contribution in [1.82, 2.24) is 15.5 Å². The van der Waals surface area contributed by atoms with E-state index in [1.54, 1.807) is 0 Å². The van der Waals surface area contributed by atoms with E-state index in [0.29, 0.717) is 6.42 Å². The highest BCUT2D eigenvalue weighted by molar-refractivity contribution is 5.93. The van der Waals surface area contributed by atoms with E-state index in [0.717, 1.165) is 11.6 Å². The first-order valence-corrected chi connectivity index (χ1v) is 6.17. The molecular weight excluding hydrogens is 260 g/mol. The molecule has 2 aromatic rings. The summed E-state index contributed by atoms with van der Waals surface area (Å²) in [5.41, 5.74) is 0.986. The highest BCUT2D eigenvalue weighted by atomic mass is 16.6. The van der Waals surface area contributed by atoms with Crippen LogP contribution < -0.4 is 5.32 Å². The number of aromatic amines is 1. The van der Waals surface area contributed by atoms with E-state index in [9.17, 15) is 14.9 Å². The zero-order valence-electron chi connectivity index (χ0n) is 10.9. The van der Waals surface area contributed by atoms with Gasteiger partial charge in [0.15, 0.2) is 5.69 Å². The average molecular weight is 274 g/mol. The molecule has 0 bridgehead atoms. The van der Waals surface area contributed by atoms with Crippen LogP contribution in [0.4, 0.5) is 5.82 Å². The Morgan fingerprint density at radius 3 is 2.70 bits per heavy atom. The molecule has 1 aromatic carbocycles. The minimum absolute atomic E-state index is 0.00563. The Hall–Kier alpha value is -2.70. The zero-order valence-corrected chi connectivity index (χ0v) is 10.9. The van der Waals surface area contributed by atoms with E-state index in [4.69, 9.17) is 0 Å². The second-order valence-corrected chi connectivity index (χ2v) is 4.24. The third kappa shape index (κ3) is 3.00. The quantitative estimate of drug-likeness (QED) is 0.644. The Morgan fingerprint density at radius 2 is 2.15 bits per heavy atom. The smallest absolute Gasteiger partial charge is 0.343 e. The van der Waals surface area contributed by atoms with E-state index in [-0.39, 0.29) is 17.6 Å². The van der Waals surface area contributed by atoms with Crippen molar-refractivity contribution >= 4 is 11.7 Å². The second-order valence-electron chi connectivity index (χ2n) is 4.24. The first-order valence-electron chi connectivity index (χ1n) is 6.17. The summed E-state index contributed by atoms with van der Waals surface area (Å²) in [5.74, 6) is -0.743. The molecule has 0 saturated heterocycles. The van der Waals surface area contributed by atoms with Crippen molar-refractivity contribution in [3.63, 3.8) is 0 Å². The zero-order chi connectivity index (χ0) is 14.5. The highest BCUT2D eigenvalue weighted by Gasteiger charge is 2.19. The average Bonchev–Trinajstić information content (AvgIpc) is 2.95. The van der Waals surface area contributed by atoms with Gasteiger partial charge < -0.3 is 15.4 Å². The summed E-state index contributed by atoms with van der Waals surface area (Å²) in [7, 11) is 0. The van der Waals surface area contributed by atoms with Gasteiger partial charge in [-0.3, -0.25) is 4.79 Å². The number of nitrogens with zero attached hydrogens (tertiary/aromatic N) is 2. The Bertz CT molecular complexity index is 609. The topological polar surface area (TPSA) is 101 Å². The number of hydrogen-bond donors (Lipinski definition) is 2. The van der Waals surface area contributed by atoms with Crippen molar-refractivity contribution in [3.05, 3.63) is 57.8 Å². The number of H-pyrrole nitrogens is 1. The second kappa shape index (κ2) is 5.96. The lowest BCUT2D eigenvalue weighted by atomic mass is 10.0. The molecule has 0 radical (unpaired) electrons. The summed E-state index contributed by atoms with van der Waals surface area (Å²) in [4.78, 5) is 21.9. The van der Waals surface area contributed by atoms with E-state index in [1.165, 1.54) is 0 Å². The molecule has 1 aromatic heterocycles.